The van der Waals surface area contributed by atoms with Crippen LogP contribution >= 0.6 is 22.7 Å². The highest BCUT2D eigenvalue weighted by molar-refractivity contribution is 7.22. The van der Waals surface area contributed by atoms with Gasteiger partial charge in [-0.25, -0.2) is 0 Å². The van der Waals surface area contributed by atoms with Crippen LogP contribution in [-0.4, -0.2) is 23.4 Å². The van der Waals surface area contributed by atoms with Crippen LogP contribution in [0.1, 0.15) is 22.6 Å². The molecule has 2 rings (SSSR count). The molecule has 4 heteroatoms. The summed E-state index contributed by atoms with van der Waals surface area (Å²) in [6.45, 7) is 0.206. The minimum atomic E-state index is 0.103. The predicted molar refractivity (Wildman–Crippen MR) is 84.8 cm³/mol. The van der Waals surface area contributed by atoms with Crippen molar-refractivity contribution in [3.8, 4) is 33.4 Å². The van der Waals surface area contributed by atoms with E-state index < -0.39 is 0 Å². The minimum Gasteiger partial charge on any atom is -0.395 e. The molecule has 0 amide bonds. The maximum atomic E-state index is 8.69. The summed E-state index contributed by atoms with van der Waals surface area (Å²) in [5.74, 6) is 11.9. The van der Waals surface area contributed by atoms with Gasteiger partial charge in [0.1, 0.15) is 0 Å². The smallest absolute Gasteiger partial charge is 0.0775 e. The van der Waals surface area contributed by atoms with Crippen molar-refractivity contribution < 1.29 is 10.2 Å². The SMILES string of the molecule is OCCC#Cc1ccc(-c2ccc(C#CCCO)s2)s1. The monoisotopic (exact) mass is 302 g/mol. The van der Waals surface area contributed by atoms with E-state index in [2.05, 4.69) is 35.8 Å². The zero-order valence-electron chi connectivity index (χ0n) is 10.8. The van der Waals surface area contributed by atoms with Crippen LogP contribution in [0.2, 0.25) is 0 Å². The molecule has 0 atom stereocenters. The third-order valence-electron chi connectivity index (χ3n) is 2.35. The Labute approximate surface area is 126 Å². The summed E-state index contributed by atoms with van der Waals surface area (Å²) in [5, 5.41) is 17.4. The summed E-state index contributed by atoms with van der Waals surface area (Å²) in [7, 11) is 0. The topological polar surface area (TPSA) is 40.5 Å². The van der Waals surface area contributed by atoms with Gasteiger partial charge in [-0.2, -0.15) is 0 Å². The van der Waals surface area contributed by atoms with Crippen LogP contribution in [-0.2, 0) is 0 Å². The van der Waals surface area contributed by atoms with E-state index in [-0.39, 0.29) is 13.2 Å². The predicted octanol–water partition coefficient (Wildman–Crippen LogP) is 2.94. The molecule has 0 fully saturated rings. The highest BCUT2D eigenvalue weighted by Crippen LogP contribution is 2.33. The van der Waals surface area contributed by atoms with Gasteiger partial charge in [0.15, 0.2) is 0 Å². The molecule has 0 saturated heterocycles. The molecule has 0 aliphatic rings. The fourth-order valence-electron chi connectivity index (χ4n) is 1.49. The Morgan fingerprint density at radius 2 is 1.20 bits per heavy atom. The molecule has 2 aromatic heterocycles. The molecule has 20 heavy (non-hydrogen) atoms. The van der Waals surface area contributed by atoms with Crippen LogP contribution in [0.4, 0.5) is 0 Å². The second-order valence-corrected chi connectivity index (χ2v) is 6.05. The summed E-state index contributed by atoms with van der Waals surface area (Å²) in [6, 6.07) is 8.12. The fourth-order valence-corrected chi connectivity index (χ4v) is 3.34. The van der Waals surface area contributed by atoms with Crippen molar-refractivity contribution in [1.82, 2.24) is 0 Å². The van der Waals surface area contributed by atoms with E-state index in [0.717, 1.165) is 9.75 Å². The number of hydrogen-bond acceptors (Lipinski definition) is 4. The van der Waals surface area contributed by atoms with Crippen molar-refractivity contribution >= 4 is 22.7 Å². The second kappa shape index (κ2) is 7.89. The van der Waals surface area contributed by atoms with Crippen LogP contribution in [0, 0.1) is 23.7 Å². The van der Waals surface area contributed by atoms with E-state index in [0.29, 0.717) is 12.8 Å². The van der Waals surface area contributed by atoms with Gasteiger partial charge in [-0.1, -0.05) is 23.7 Å². The highest BCUT2D eigenvalue weighted by Gasteiger charge is 2.04. The largest absolute Gasteiger partial charge is 0.395 e. The van der Waals surface area contributed by atoms with E-state index >= 15 is 0 Å². The van der Waals surface area contributed by atoms with Gasteiger partial charge < -0.3 is 10.2 Å². The first-order valence-electron chi connectivity index (χ1n) is 6.23. The zero-order valence-corrected chi connectivity index (χ0v) is 12.5. The van der Waals surface area contributed by atoms with Gasteiger partial charge in [0.25, 0.3) is 0 Å². The molecule has 2 heterocycles. The molecule has 0 aliphatic heterocycles. The molecule has 102 valence electrons. The van der Waals surface area contributed by atoms with Crippen molar-refractivity contribution in [2.45, 2.75) is 12.8 Å². The molecular formula is C16H14O2S2. The van der Waals surface area contributed by atoms with E-state index in [1.165, 1.54) is 9.75 Å². The lowest BCUT2D eigenvalue weighted by molar-refractivity contribution is 0.304. The van der Waals surface area contributed by atoms with Crippen LogP contribution < -0.4 is 0 Å². The highest BCUT2D eigenvalue weighted by atomic mass is 32.1. The maximum Gasteiger partial charge on any atom is 0.0775 e. The zero-order chi connectivity index (χ0) is 14.2. The maximum absolute atomic E-state index is 8.69. The number of rotatable bonds is 3. The van der Waals surface area contributed by atoms with Crippen molar-refractivity contribution in [2.75, 3.05) is 13.2 Å². The number of hydrogen-bond donors (Lipinski definition) is 2. The Kier molecular flexibility index (Phi) is 5.86. The molecule has 0 saturated carbocycles. The van der Waals surface area contributed by atoms with Gasteiger partial charge in [0, 0.05) is 22.6 Å². The molecule has 0 spiro atoms. The minimum absolute atomic E-state index is 0.103. The first kappa shape index (κ1) is 14.8. The molecule has 2 N–H and O–H groups in total. The molecule has 0 aromatic carbocycles. The summed E-state index contributed by atoms with van der Waals surface area (Å²) < 4.78 is 0. The normalized spacial score (nSPS) is 9.50. The second-order valence-electron chi connectivity index (χ2n) is 3.88. The summed E-state index contributed by atoms with van der Waals surface area (Å²) >= 11 is 3.29. The lowest BCUT2D eigenvalue weighted by Crippen LogP contribution is -1.75. The van der Waals surface area contributed by atoms with Gasteiger partial charge in [-0.05, 0) is 24.3 Å². The van der Waals surface area contributed by atoms with Gasteiger partial charge in [-0.3, -0.25) is 0 Å². The lowest BCUT2D eigenvalue weighted by Gasteiger charge is -1.87. The Balaban J connectivity index is 2.10. The van der Waals surface area contributed by atoms with Crippen LogP contribution in [0.15, 0.2) is 24.3 Å². The molecule has 0 aliphatic carbocycles. The van der Waals surface area contributed by atoms with E-state index in [1.807, 2.05) is 12.1 Å². The van der Waals surface area contributed by atoms with Crippen LogP contribution in [0.3, 0.4) is 0 Å². The van der Waals surface area contributed by atoms with Gasteiger partial charge >= 0.3 is 0 Å². The summed E-state index contributed by atoms with van der Waals surface area (Å²) in [6.07, 6.45) is 1.02. The molecule has 2 nitrogen and oxygen atoms in total. The number of aliphatic hydroxyl groups is 2. The van der Waals surface area contributed by atoms with Crippen molar-refractivity contribution in [2.24, 2.45) is 0 Å². The van der Waals surface area contributed by atoms with Gasteiger partial charge in [0.2, 0.25) is 0 Å². The lowest BCUT2D eigenvalue weighted by atomic mass is 10.3. The first-order chi connectivity index (χ1) is 9.83. The summed E-state index contributed by atoms with van der Waals surface area (Å²) in [4.78, 5) is 4.38. The Bertz CT molecular complexity index is 614. The first-order valence-corrected chi connectivity index (χ1v) is 7.86. The van der Waals surface area contributed by atoms with E-state index in [9.17, 15) is 0 Å². The third kappa shape index (κ3) is 4.23. The molecule has 0 bridgehead atoms. The Morgan fingerprint density at radius 3 is 1.60 bits per heavy atom. The van der Waals surface area contributed by atoms with Crippen LogP contribution in [0.25, 0.3) is 9.75 Å². The van der Waals surface area contributed by atoms with Crippen molar-refractivity contribution in [3.05, 3.63) is 34.0 Å². The van der Waals surface area contributed by atoms with Crippen molar-refractivity contribution in [1.29, 1.82) is 0 Å². The molecule has 0 unspecified atom stereocenters. The molecule has 0 radical (unpaired) electrons. The van der Waals surface area contributed by atoms with Crippen LogP contribution in [0.5, 0.6) is 0 Å². The third-order valence-corrected chi connectivity index (χ3v) is 4.55. The number of thiophene rings is 2. The Morgan fingerprint density at radius 1 is 0.750 bits per heavy atom. The molecular weight excluding hydrogens is 288 g/mol. The van der Waals surface area contributed by atoms with Gasteiger partial charge in [0.05, 0.1) is 23.0 Å². The van der Waals surface area contributed by atoms with E-state index in [1.54, 1.807) is 22.7 Å². The number of aliphatic hydroxyl groups excluding tert-OH is 2. The van der Waals surface area contributed by atoms with E-state index in [4.69, 9.17) is 10.2 Å². The average molecular weight is 302 g/mol. The standard InChI is InChI=1S/C16H14O2S2/c17-11-3-1-5-13-7-9-15(19-13)16-10-8-14(20-16)6-2-4-12-18/h7-10,17-18H,3-4,11-12H2. The Hall–Kier alpha value is -1.56. The quantitative estimate of drug-likeness (QED) is 0.856. The van der Waals surface area contributed by atoms with Crippen molar-refractivity contribution in [3.63, 3.8) is 0 Å². The summed E-state index contributed by atoms with van der Waals surface area (Å²) in [5.41, 5.74) is 0. The average Bonchev–Trinajstić information content (AvgIpc) is 3.08. The molecule has 2 aromatic rings. The fraction of sp³-hybridized carbons (Fsp3) is 0.250. The van der Waals surface area contributed by atoms with Gasteiger partial charge in [-0.15, -0.1) is 22.7 Å².